The molecule has 8 heteroatoms. The van der Waals surface area contributed by atoms with Crippen molar-refractivity contribution in [3.05, 3.63) is 48.2 Å². The van der Waals surface area contributed by atoms with Crippen LogP contribution in [0.25, 0.3) is 0 Å². The number of aromatic nitrogens is 2. The molecule has 0 unspecified atom stereocenters. The number of rotatable bonds is 5. The average Bonchev–Trinajstić information content (AvgIpc) is 2.91. The highest BCUT2D eigenvalue weighted by molar-refractivity contribution is 6.07. The van der Waals surface area contributed by atoms with Crippen molar-refractivity contribution in [2.45, 2.75) is 38.8 Å². The van der Waals surface area contributed by atoms with Crippen molar-refractivity contribution in [2.24, 2.45) is 5.92 Å². The number of hydrogen-bond acceptors (Lipinski definition) is 6. The normalized spacial score (nSPS) is 18.7. The summed E-state index contributed by atoms with van der Waals surface area (Å²) in [6.07, 6.45) is 2.78. The molecule has 3 heterocycles. The van der Waals surface area contributed by atoms with Gasteiger partial charge in [0.25, 0.3) is 5.91 Å². The van der Waals surface area contributed by atoms with E-state index in [1.54, 1.807) is 6.20 Å². The van der Waals surface area contributed by atoms with Crippen LogP contribution in [0.2, 0.25) is 0 Å². The summed E-state index contributed by atoms with van der Waals surface area (Å²) in [5.41, 5.74) is 5.89. The fourth-order valence-electron chi connectivity index (χ4n) is 4.44. The third-order valence-electron chi connectivity index (χ3n) is 5.93. The number of nitrogen functional groups attached to an aromatic ring is 1. The summed E-state index contributed by atoms with van der Waals surface area (Å²) in [5, 5.41) is 0. The van der Waals surface area contributed by atoms with Crippen LogP contribution in [0, 0.1) is 5.92 Å². The number of anilines is 2. The lowest BCUT2D eigenvalue weighted by Gasteiger charge is -2.43. The molecule has 2 N–H and O–H groups in total. The summed E-state index contributed by atoms with van der Waals surface area (Å²) >= 11 is 0. The fraction of sp³-hybridized carbons (Fsp3) is 0.455. The Morgan fingerprint density at radius 2 is 1.80 bits per heavy atom. The van der Waals surface area contributed by atoms with Crippen LogP contribution in [0.15, 0.2) is 42.6 Å². The van der Waals surface area contributed by atoms with Gasteiger partial charge in [-0.25, -0.2) is 9.78 Å². The minimum atomic E-state index is -0.786. The van der Waals surface area contributed by atoms with Gasteiger partial charge in [-0.2, -0.15) is 4.98 Å². The van der Waals surface area contributed by atoms with E-state index >= 15 is 0 Å². The molecule has 2 aliphatic rings. The quantitative estimate of drug-likeness (QED) is 0.764. The maximum Gasteiger partial charge on any atom is 0.327 e. The first-order valence-electron chi connectivity index (χ1n) is 10.4. The lowest BCUT2D eigenvalue weighted by atomic mass is 9.85. The van der Waals surface area contributed by atoms with E-state index in [-0.39, 0.29) is 23.8 Å². The molecule has 1 aromatic carbocycles. The van der Waals surface area contributed by atoms with Crippen LogP contribution < -0.4 is 10.6 Å². The number of carbonyl (C=O) groups excluding carboxylic acids is 2. The smallest absolute Gasteiger partial charge is 0.327 e. The summed E-state index contributed by atoms with van der Waals surface area (Å²) in [6, 6.07) is 11.3. The van der Waals surface area contributed by atoms with Crippen LogP contribution in [0.3, 0.4) is 0 Å². The fourth-order valence-corrected chi connectivity index (χ4v) is 4.44. The van der Waals surface area contributed by atoms with Crippen LogP contribution in [0.1, 0.15) is 32.3 Å². The van der Waals surface area contributed by atoms with Crippen molar-refractivity contribution in [3.63, 3.8) is 0 Å². The third kappa shape index (κ3) is 3.58. The van der Waals surface area contributed by atoms with Crippen molar-refractivity contribution in [3.8, 4) is 0 Å². The molecule has 30 heavy (non-hydrogen) atoms. The number of piperidine rings is 1. The van der Waals surface area contributed by atoms with E-state index in [4.69, 9.17) is 5.73 Å². The maximum atomic E-state index is 13.6. The number of nitrogens with zero attached hydrogens (tertiary/aromatic N) is 5. The Morgan fingerprint density at radius 3 is 2.43 bits per heavy atom. The number of carbonyl (C=O) groups is 2. The van der Waals surface area contributed by atoms with Crippen LogP contribution >= 0.6 is 0 Å². The molecule has 2 aliphatic heterocycles. The number of urea groups is 1. The van der Waals surface area contributed by atoms with Crippen LogP contribution in [-0.4, -0.2) is 56.9 Å². The first-order valence-corrected chi connectivity index (χ1v) is 10.4. The van der Waals surface area contributed by atoms with Crippen molar-refractivity contribution >= 4 is 23.7 Å². The zero-order chi connectivity index (χ0) is 21.3. The number of nitrogens with two attached hydrogens (primary N) is 1. The third-order valence-corrected chi connectivity index (χ3v) is 5.93. The summed E-state index contributed by atoms with van der Waals surface area (Å²) in [5.74, 6) is 1.18. The summed E-state index contributed by atoms with van der Waals surface area (Å²) < 4.78 is 0. The van der Waals surface area contributed by atoms with Crippen molar-refractivity contribution in [1.29, 1.82) is 0 Å². The Hall–Kier alpha value is -3.16. The lowest BCUT2D eigenvalue weighted by Crippen LogP contribution is -2.57. The molecule has 8 nitrogen and oxygen atoms in total. The van der Waals surface area contributed by atoms with Crippen molar-refractivity contribution < 1.29 is 9.59 Å². The predicted octanol–water partition coefficient (Wildman–Crippen LogP) is 2.52. The van der Waals surface area contributed by atoms with Crippen molar-refractivity contribution in [1.82, 2.24) is 19.8 Å². The zero-order valence-corrected chi connectivity index (χ0v) is 17.5. The van der Waals surface area contributed by atoms with Gasteiger partial charge >= 0.3 is 6.03 Å². The second kappa shape index (κ2) is 7.93. The lowest BCUT2D eigenvalue weighted by molar-refractivity contribution is -0.134. The molecule has 0 aliphatic carbocycles. The second-order valence-electron chi connectivity index (χ2n) is 8.46. The topological polar surface area (TPSA) is 95.7 Å². The minimum Gasteiger partial charge on any atom is -0.368 e. The van der Waals surface area contributed by atoms with Gasteiger partial charge < -0.3 is 15.5 Å². The SMILES string of the molecule is CC(C)CN1C(=O)N(Cc2ccccc2)C(=O)C12CCN(c1ccnc(N)n1)CC2. The number of amides is 3. The van der Waals surface area contributed by atoms with Gasteiger partial charge in [0.2, 0.25) is 5.95 Å². The van der Waals surface area contributed by atoms with E-state index in [0.717, 1.165) is 11.4 Å². The van der Waals surface area contributed by atoms with Gasteiger partial charge in [-0.15, -0.1) is 0 Å². The van der Waals surface area contributed by atoms with Crippen molar-refractivity contribution in [2.75, 3.05) is 30.3 Å². The highest BCUT2D eigenvalue weighted by Crippen LogP contribution is 2.39. The van der Waals surface area contributed by atoms with Gasteiger partial charge in [-0.3, -0.25) is 9.69 Å². The summed E-state index contributed by atoms with van der Waals surface area (Å²) in [6.45, 7) is 6.28. The standard InChI is InChI=1S/C22H28N6O2/c1-16(2)14-28-21(30)27(15-17-6-4-3-5-7-17)19(29)22(28)9-12-26(13-10-22)18-8-11-24-20(23)25-18/h3-8,11,16H,9-10,12-15H2,1-2H3,(H2,23,24,25). The molecule has 0 atom stereocenters. The molecule has 158 valence electrons. The molecule has 0 bridgehead atoms. The van der Waals surface area contributed by atoms with E-state index in [2.05, 4.69) is 28.7 Å². The van der Waals surface area contributed by atoms with Gasteiger partial charge in [0.1, 0.15) is 11.4 Å². The van der Waals surface area contributed by atoms with E-state index in [0.29, 0.717) is 39.0 Å². The molecule has 2 saturated heterocycles. The van der Waals surface area contributed by atoms with Gasteiger partial charge in [0, 0.05) is 25.8 Å². The zero-order valence-electron chi connectivity index (χ0n) is 17.5. The highest BCUT2D eigenvalue weighted by atomic mass is 16.2. The Kier molecular flexibility index (Phi) is 5.32. The number of benzene rings is 1. The molecular formula is C22H28N6O2. The largest absolute Gasteiger partial charge is 0.368 e. The number of hydrogen-bond donors (Lipinski definition) is 1. The van der Waals surface area contributed by atoms with E-state index in [1.807, 2.05) is 41.3 Å². The molecule has 1 spiro atoms. The first kappa shape index (κ1) is 20.1. The minimum absolute atomic E-state index is 0.0844. The second-order valence-corrected chi connectivity index (χ2v) is 8.46. The van der Waals surface area contributed by atoms with Gasteiger partial charge in [-0.05, 0) is 30.4 Å². The van der Waals surface area contributed by atoms with Crippen LogP contribution in [0.4, 0.5) is 16.6 Å². The Bertz CT molecular complexity index is 924. The Labute approximate surface area is 176 Å². The molecule has 0 saturated carbocycles. The Morgan fingerprint density at radius 1 is 1.10 bits per heavy atom. The molecule has 0 radical (unpaired) electrons. The van der Waals surface area contributed by atoms with Gasteiger partial charge in [-0.1, -0.05) is 44.2 Å². The molecule has 1 aromatic heterocycles. The summed E-state index contributed by atoms with van der Waals surface area (Å²) in [4.78, 5) is 40.5. The van der Waals surface area contributed by atoms with Gasteiger partial charge in [0.15, 0.2) is 0 Å². The average molecular weight is 409 g/mol. The number of imide groups is 1. The predicted molar refractivity (Wildman–Crippen MR) is 115 cm³/mol. The van der Waals surface area contributed by atoms with Gasteiger partial charge in [0.05, 0.1) is 6.54 Å². The van der Waals surface area contributed by atoms with Crippen LogP contribution in [0.5, 0.6) is 0 Å². The van der Waals surface area contributed by atoms with Crippen LogP contribution in [-0.2, 0) is 11.3 Å². The monoisotopic (exact) mass is 408 g/mol. The molecular weight excluding hydrogens is 380 g/mol. The van der Waals surface area contributed by atoms with E-state index in [9.17, 15) is 9.59 Å². The maximum absolute atomic E-state index is 13.6. The Balaban J connectivity index is 1.58. The molecule has 3 amide bonds. The molecule has 2 fully saturated rings. The first-order chi connectivity index (χ1) is 14.4. The van der Waals surface area contributed by atoms with E-state index < -0.39 is 5.54 Å². The summed E-state index contributed by atoms with van der Waals surface area (Å²) in [7, 11) is 0. The highest BCUT2D eigenvalue weighted by Gasteiger charge is 2.57. The molecule has 4 rings (SSSR count). The van der Waals surface area contributed by atoms with E-state index in [1.165, 1.54) is 4.90 Å². The molecule has 2 aromatic rings.